The first-order chi connectivity index (χ1) is 21.3. The zero-order valence-corrected chi connectivity index (χ0v) is 26.9. The van der Waals surface area contributed by atoms with Gasteiger partial charge in [0.05, 0.1) is 0 Å². The molecule has 3 N–H and O–H groups in total. The minimum Gasteiger partial charge on any atom is -0.459 e. The molecule has 0 heterocycles. The van der Waals surface area contributed by atoms with Crippen molar-refractivity contribution in [2.45, 2.75) is 97.6 Å². The largest absolute Gasteiger partial charge is 0.459 e. The van der Waals surface area contributed by atoms with Crippen molar-refractivity contribution >= 4 is 29.8 Å². The number of hydrogen-bond donors (Lipinski definition) is 3. The molecule has 0 aromatic heterocycles. The average Bonchev–Trinajstić information content (AvgIpc) is 2.97. The Morgan fingerprint density at radius 3 is 1.89 bits per heavy atom. The SMILES string of the molecule is C[C@@H](CC(=O)[C@@H](C)CC(=O)N[C@@H](CCCCNC(=O)OCc1ccccc1)C(=O)OCc1ccccc1)NC(=O)OC(C)(C)C. The Morgan fingerprint density at radius 1 is 0.733 bits per heavy atom. The van der Waals surface area contributed by atoms with Gasteiger partial charge in [-0.05, 0) is 58.1 Å². The summed E-state index contributed by atoms with van der Waals surface area (Å²) in [4.78, 5) is 62.6. The van der Waals surface area contributed by atoms with E-state index in [4.69, 9.17) is 14.2 Å². The minimum atomic E-state index is -0.929. The van der Waals surface area contributed by atoms with Crippen molar-refractivity contribution in [2.24, 2.45) is 5.92 Å². The third kappa shape index (κ3) is 16.3. The highest BCUT2D eigenvalue weighted by Gasteiger charge is 2.26. The number of ketones is 1. The second-order valence-electron chi connectivity index (χ2n) is 12.0. The standard InChI is InChI=1S/C34H47N3O8/c1-24(29(38)21-25(2)36-33(42)45-34(3,4)5)20-30(39)37-28(31(40)43-22-26-14-8-6-9-15-26)18-12-13-19-35-32(41)44-23-27-16-10-7-11-17-27/h6-11,14-17,24-25,28H,12-13,18-23H2,1-5H3,(H,35,41)(H,36,42)(H,37,39)/t24-,25-,28-/m0/s1. The van der Waals surface area contributed by atoms with Crippen LogP contribution in [0.2, 0.25) is 0 Å². The van der Waals surface area contributed by atoms with Crippen molar-refractivity contribution in [3.63, 3.8) is 0 Å². The van der Waals surface area contributed by atoms with Crippen LogP contribution in [0.1, 0.15) is 77.8 Å². The summed E-state index contributed by atoms with van der Waals surface area (Å²) in [5, 5.41) is 8.03. The molecule has 0 radical (unpaired) electrons. The van der Waals surface area contributed by atoms with E-state index in [1.807, 2.05) is 60.7 Å². The van der Waals surface area contributed by atoms with Gasteiger partial charge in [0.1, 0.15) is 30.6 Å². The van der Waals surface area contributed by atoms with Gasteiger partial charge in [0.25, 0.3) is 0 Å². The number of ether oxygens (including phenoxy) is 3. The zero-order chi connectivity index (χ0) is 33.2. The lowest BCUT2D eigenvalue weighted by molar-refractivity contribution is -0.149. The van der Waals surface area contributed by atoms with E-state index < -0.39 is 47.7 Å². The highest BCUT2D eigenvalue weighted by molar-refractivity contribution is 5.89. The second kappa shape index (κ2) is 19.1. The molecule has 0 aliphatic rings. The molecule has 0 aliphatic heterocycles. The highest BCUT2D eigenvalue weighted by Crippen LogP contribution is 2.12. The number of alkyl carbamates (subject to hydrolysis) is 2. The van der Waals surface area contributed by atoms with Crippen molar-refractivity contribution < 1.29 is 38.2 Å². The summed E-state index contributed by atoms with van der Waals surface area (Å²) in [6, 6.07) is 17.1. The normalized spacial score (nSPS) is 13.0. The number of nitrogens with one attached hydrogen (secondary N) is 3. The zero-order valence-electron chi connectivity index (χ0n) is 26.9. The van der Waals surface area contributed by atoms with Crippen molar-refractivity contribution in [1.29, 1.82) is 0 Å². The van der Waals surface area contributed by atoms with Crippen LogP contribution < -0.4 is 16.0 Å². The predicted molar refractivity (Wildman–Crippen MR) is 169 cm³/mol. The van der Waals surface area contributed by atoms with Gasteiger partial charge in [-0.2, -0.15) is 0 Å². The van der Waals surface area contributed by atoms with E-state index in [1.54, 1.807) is 34.6 Å². The lowest BCUT2D eigenvalue weighted by Crippen LogP contribution is -2.43. The number of Topliss-reactive ketones (excluding diaryl/α,β-unsaturated/α-hetero) is 1. The van der Waals surface area contributed by atoms with Gasteiger partial charge < -0.3 is 30.2 Å². The summed E-state index contributed by atoms with van der Waals surface area (Å²) in [6.45, 7) is 9.10. The van der Waals surface area contributed by atoms with E-state index in [0.29, 0.717) is 19.4 Å². The Balaban J connectivity index is 1.84. The average molecular weight is 626 g/mol. The van der Waals surface area contributed by atoms with E-state index >= 15 is 0 Å². The van der Waals surface area contributed by atoms with Crippen LogP contribution in [0.25, 0.3) is 0 Å². The minimum absolute atomic E-state index is 0.0248. The van der Waals surface area contributed by atoms with E-state index in [0.717, 1.165) is 11.1 Å². The van der Waals surface area contributed by atoms with Crippen LogP contribution in [-0.4, -0.2) is 54.1 Å². The molecule has 0 saturated carbocycles. The molecule has 3 amide bonds. The molecule has 11 nitrogen and oxygen atoms in total. The van der Waals surface area contributed by atoms with Crippen molar-refractivity contribution in [1.82, 2.24) is 16.0 Å². The van der Waals surface area contributed by atoms with Crippen LogP contribution in [0.3, 0.4) is 0 Å². The first-order valence-electron chi connectivity index (χ1n) is 15.3. The highest BCUT2D eigenvalue weighted by atomic mass is 16.6. The van der Waals surface area contributed by atoms with Crippen molar-refractivity contribution in [3.8, 4) is 0 Å². The van der Waals surface area contributed by atoms with Crippen LogP contribution >= 0.6 is 0 Å². The molecule has 0 unspecified atom stereocenters. The third-order valence-corrected chi connectivity index (χ3v) is 6.56. The maximum absolute atomic E-state index is 13.0. The molecule has 0 spiro atoms. The van der Waals surface area contributed by atoms with Gasteiger partial charge >= 0.3 is 18.2 Å². The van der Waals surface area contributed by atoms with Gasteiger partial charge in [0, 0.05) is 31.3 Å². The van der Waals surface area contributed by atoms with Gasteiger partial charge in [-0.3, -0.25) is 9.59 Å². The van der Waals surface area contributed by atoms with Gasteiger partial charge in [0.2, 0.25) is 5.91 Å². The molecule has 2 aromatic rings. The number of hydrogen-bond acceptors (Lipinski definition) is 8. The summed E-state index contributed by atoms with van der Waals surface area (Å²) in [5.74, 6) is -1.90. The summed E-state index contributed by atoms with van der Waals surface area (Å²) < 4.78 is 15.9. The summed E-state index contributed by atoms with van der Waals surface area (Å²) >= 11 is 0. The van der Waals surface area contributed by atoms with Crippen LogP contribution in [0.4, 0.5) is 9.59 Å². The molecule has 2 aromatic carbocycles. The molecule has 3 atom stereocenters. The Morgan fingerprint density at radius 2 is 1.31 bits per heavy atom. The smallest absolute Gasteiger partial charge is 0.407 e. The van der Waals surface area contributed by atoms with Gasteiger partial charge in [-0.25, -0.2) is 14.4 Å². The number of benzene rings is 2. The molecular formula is C34H47N3O8. The molecule has 0 saturated heterocycles. The predicted octanol–water partition coefficient (Wildman–Crippen LogP) is 5.21. The fourth-order valence-electron chi connectivity index (χ4n) is 4.22. The van der Waals surface area contributed by atoms with Crippen LogP contribution in [0.5, 0.6) is 0 Å². The number of rotatable bonds is 17. The summed E-state index contributed by atoms with van der Waals surface area (Å²) in [7, 11) is 0. The second-order valence-corrected chi connectivity index (χ2v) is 12.0. The fraction of sp³-hybridized carbons (Fsp3) is 0.500. The fourth-order valence-corrected chi connectivity index (χ4v) is 4.22. The topological polar surface area (TPSA) is 149 Å². The molecule has 0 bridgehead atoms. The monoisotopic (exact) mass is 625 g/mol. The van der Waals surface area contributed by atoms with Gasteiger partial charge in [-0.1, -0.05) is 67.6 Å². The number of carbonyl (C=O) groups excluding carboxylic acids is 5. The molecule has 2 rings (SSSR count). The van der Waals surface area contributed by atoms with E-state index in [1.165, 1.54) is 0 Å². The first-order valence-corrected chi connectivity index (χ1v) is 15.3. The molecule has 11 heteroatoms. The number of carbonyl (C=O) groups is 5. The maximum Gasteiger partial charge on any atom is 0.407 e. The van der Waals surface area contributed by atoms with Crippen LogP contribution in [0, 0.1) is 5.92 Å². The van der Waals surface area contributed by atoms with Gasteiger partial charge in [-0.15, -0.1) is 0 Å². The van der Waals surface area contributed by atoms with Crippen molar-refractivity contribution in [2.75, 3.05) is 6.54 Å². The van der Waals surface area contributed by atoms with Crippen LogP contribution in [0.15, 0.2) is 60.7 Å². The summed E-state index contributed by atoms with van der Waals surface area (Å²) in [5.41, 5.74) is 1.02. The Hall–Kier alpha value is -4.41. The van der Waals surface area contributed by atoms with Crippen LogP contribution in [-0.2, 0) is 41.8 Å². The number of unbranched alkanes of at least 4 members (excludes halogenated alkanes) is 1. The Kier molecular flexibility index (Phi) is 15.6. The molecule has 45 heavy (non-hydrogen) atoms. The molecule has 246 valence electrons. The number of amides is 3. The lowest BCUT2D eigenvalue weighted by Gasteiger charge is -2.22. The van der Waals surface area contributed by atoms with Gasteiger partial charge in [0.15, 0.2) is 0 Å². The first kappa shape index (κ1) is 36.8. The van der Waals surface area contributed by atoms with E-state index in [2.05, 4.69) is 16.0 Å². The lowest BCUT2D eigenvalue weighted by atomic mass is 9.96. The Bertz CT molecular complexity index is 1230. The molecule has 0 fully saturated rings. The molecular weight excluding hydrogens is 578 g/mol. The quantitative estimate of drug-likeness (QED) is 0.123. The maximum atomic E-state index is 13.0. The Labute approximate surface area is 265 Å². The third-order valence-electron chi connectivity index (χ3n) is 6.56. The summed E-state index contributed by atoms with van der Waals surface area (Å²) in [6.07, 6.45) is 0.0543. The van der Waals surface area contributed by atoms with E-state index in [-0.39, 0.29) is 38.3 Å². The van der Waals surface area contributed by atoms with E-state index in [9.17, 15) is 24.0 Å². The molecule has 0 aliphatic carbocycles. The number of esters is 1. The van der Waals surface area contributed by atoms with Crippen molar-refractivity contribution in [3.05, 3.63) is 71.8 Å².